The van der Waals surface area contributed by atoms with E-state index in [-0.39, 0.29) is 13.2 Å². The van der Waals surface area contributed by atoms with E-state index >= 15 is 0 Å². The number of carboxylic acids is 1. The molecule has 0 aliphatic rings. The number of carboxylic acid groups (broad SMARTS) is 1. The standard InChI is InChI=1S/C8H12F3NO5/c9-8(10,11)5-16-2-1-12-6(13)3-17-4-7(14)15/h1-5H2,(H,12,13)(H,14,15). The van der Waals surface area contributed by atoms with Crippen molar-refractivity contribution in [3.63, 3.8) is 0 Å². The number of carbonyl (C=O) groups is 2. The molecule has 0 spiro atoms. The predicted molar refractivity (Wildman–Crippen MR) is 48.3 cm³/mol. The van der Waals surface area contributed by atoms with Crippen LogP contribution in [0.15, 0.2) is 0 Å². The summed E-state index contributed by atoms with van der Waals surface area (Å²) >= 11 is 0. The minimum atomic E-state index is -4.39. The summed E-state index contributed by atoms with van der Waals surface area (Å²) in [7, 11) is 0. The SMILES string of the molecule is O=C(O)COCC(=O)NCCOCC(F)(F)F. The lowest BCUT2D eigenvalue weighted by atomic mass is 10.5. The van der Waals surface area contributed by atoms with Crippen LogP contribution in [0, 0.1) is 0 Å². The van der Waals surface area contributed by atoms with Crippen LogP contribution in [-0.2, 0) is 19.1 Å². The molecule has 0 heterocycles. The normalized spacial score (nSPS) is 11.2. The van der Waals surface area contributed by atoms with Crippen LogP contribution in [0.3, 0.4) is 0 Å². The molecule has 100 valence electrons. The predicted octanol–water partition coefficient (Wildman–Crippen LogP) is -0.217. The van der Waals surface area contributed by atoms with Crippen LogP contribution in [0.4, 0.5) is 13.2 Å². The van der Waals surface area contributed by atoms with Crippen LogP contribution in [0.25, 0.3) is 0 Å². The number of ether oxygens (including phenoxy) is 2. The number of rotatable bonds is 8. The summed E-state index contributed by atoms with van der Waals surface area (Å²) < 4.78 is 43.4. The molecule has 0 aromatic heterocycles. The van der Waals surface area contributed by atoms with E-state index in [0.717, 1.165) is 0 Å². The van der Waals surface area contributed by atoms with Crippen molar-refractivity contribution in [1.82, 2.24) is 5.32 Å². The third kappa shape index (κ3) is 12.6. The van der Waals surface area contributed by atoms with Gasteiger partial charge in [-0.25, -0.2) is 4.79 Å². The topological polar surface area (TPSA) is 84.9 Å². The van der Waals surface area contributed by atoms with Gasteiger partial charge in [-0.2, -0.15) is 13.2 Å². The second kappa shape index (κ2) is 7.85. The fourth-order valence-electron chi connectivity index (χ4n) is 0.733. The van der Waals surface area contributed by atoms with Gasteiger partial charge in [0.15, 0.2) is 0 Å². The van der Waals surface area contributed by atoms with Crippen molar-refractivity contribution in [2.24, 2.45) is 0 Å². The molecular weight excluding hydrogens is 247 g/mol. The summed E-state index contributed by atoms with van der Waals surface area (Å²) in [5, 5.41) is 10.4. The molecule has 0 fully saturated rings. The van der Waals surface area contributed by atoms with E-state index in [2.05, 4.69) is 14.8 Å². The van der Waals surface area contributed by atoms with Gasteiger partial charge in [0.2, 0.25) is 5.91 Å². The highest BCUT2D eigenvalue weighted by Gasteiger charge is 2.27. The van der Waals surface area contributed by atoms with Crippen LogP contribution in [-0.4, -0.2) is 56.1 Å². The molecule has 17 heavy (non-hydrogen) atoms. The molecule has 0 bridgehead atoms. The van der Waals surface area contributed by atoms with Gasteiger partial charge in [0, 0.05) is 6.54 Å². The van der Waals surface area contributed by atoms with Crippen LogP contribution in [0.2, 0.25) is 0 Å². The average Bonchev–Trinajstić information content (AvgIpc) is 2.14. The van der Waals surface area contributed by atoms with Crippen molar-refractivity contribution < 1.29 is 37.3 Å². The Labute approximate surface area is 94.7 Å². The fourth-order valence-corrected chi connectivity index (χ4v) is 0.733. The maximum Gasteiger partial charge on any atom is 0.411 e. The second-order valence-corrected chi connectivity index (χ2v) is 2.90. The molecule has 0 radical (unpaired) electrons. The van der Waals surface area contributed by atoms with E-state index in [0.29, 0.717) is 0 Å². The zero-order valence-electron chi connectivity index (χ0n) is 8.75. The number of aliphatic carboxylic acids is 1. The molecule has 9 heteroatoms. The lowest BCUT2D eigenvalue weighted by Gasteiger charge is -2.08. The fraction of sp³-hybridized carbons (Fsp3) is 0.750. The van der Waals surface area contributed by atoms with Crippen LogP contribution >= 0.6 is 0 Å². The van der Waals surface area contributed by atoms with Gasteiger partial charge in [0.1, 0.15) is 19.8 Å². The lowest BCUT2D eigenvalue weighted by molar-refractivity contribution is -0.173. The van der Waals surface area contributed by atoms with E-state index in [9.17, 15) is 22.8 Å². The maximum atomic E-state index is 11.6. The molecule has 0 unspecified atom stereocenters. The van der Waals surface area contributed by atoms with Crippen molar-refractivity contribution in [2.75, 3.05) is 33.0 Å². The molecule has 0 saturated heterocycles. The highest BCUT2D eigenvalue weighted by Crippen LogP contribution is 2.13. The minimum Gasteiger partial charge on any atom is -0.480 e. The highest BCUT2D eigenvalue weighted by molar-refractivity contribution is 5.77. The number of hydrogen-bond acceptors (Lipinski definition) is 4. The summed E-state index contributed by atoms with van der Waals surface area (Å²) in [6.45, 7) is -2.85. The van der Waals surface area contributed by atoms with Gasteiger partial charge >= 0.3 is 12.1 Å². The number of alkyl halides is 3. The molecular formula is C8H12F3NO5. The van der Waals surface area contributed by atoms with Gasteiger partial charge in [-0.3, -0.25) is 4.79 Å². The first-order valence-electron chi connectivity index (χ1n) is 4.52. The van der Waals surface area contributed by atoms with Gasteiger partial charge in [-0.1, -0.05) is 0 Å². The molecule has 0 rings (SSSR count). The molecule has 0 aliphatic carbocycles. The average molecular weight is 259 g/mol. The molecule has 0 aromatic rings. The summed E-state index contributed by atoms with van der Waals surface area (Å²) in [6, 6.07) is 0. The number of halogens is 3. The zero-order chi connectivity index (χ0) is 13.3. The number of carbonyl (C=O) groups excluding carboxylic acids is 1. The van der Waals surface area contributed by atoms with Crippen molar-refractivity contribution >= 4 is 11.9 Å². The Morgan fingerprint density at radius 3 is 2.35 bits per heavy atom. The van der Waals surface area contributed by atoms with Gasteiger partial charge in [0.05, 0.1) is 6.61 Å². The van der Waals surface area contributed by atoms with E-state index in [1.165, 1.54) is 0 Å². The van der Waals surface area contributed by atoms with Gasteiger partial charge in [-0.05, 0) is 0 Å². The Morgan fingerprint density at radius 2 is 1.82 bits per heavy atom. The van der Waals surface area contributed by atoms with Gasteiger partial charge in [0.25, 0.3) is 0 Å². The maximum absolute atomic E-state index is 11.6. The quantitative estimate of drug-likeness (QED) is 0.589. The Balaban J connectivity index is 3.37. The molecule has 0 aliphatic heterocycles. The van der Waals surface area contributed by atoms with Crippen LogP contribution in [0.5, 0.6) is 0 Å². The van der Waals surface area contributed by atoms with Crippen molar-refractivity contribution in [3.8, 4) is 0 Å². The zero-order valence-corrected chi connectivity index (χ0v) is 8.75. The molecule has 0 atom stereocenters. The van der Waals surface area contributed by atoms with Gasteiger partial charge < -0.3 is 19.9 Å². The summed E-state index contributed by atoms with van der Waals surface area (Å²) in [5.74, 6) is -1.84. The van der Waals surface area contributed by atoms with Crippen molar-refractivity contribution in [3.05, 3.63) is 0 Å². The first kappa shape index (κ1) is 15.7. The summed E-state index contributed by atoms with van der Waals surface area (Å²) in [5.41, 5.74) is 0. The smallest absolute Gasteiger partial charge is 0.411 e. The Bertz CT molecular complexity index is 256. The Hall–Kier alpha value is -1.35. The largest absolute Gasteiger partial charge is 0.480 e. The van der Waals surface area contributed by atoms with Crippen molar-refractivity contribution in [1.29, 1.82) is 0 Å². The number of hydrogen-bond donors (Lipinski definition) is 2. The summed E-state index contributed by atoms with van der Waals surface area (Å²) in [4.78, 5) is 20.9. The van der Waals surface area contributed by atoms with Crippen molar-refractivity contribution in [2.45, 2.75) is 6.18 Å². The molecule has 6 nitrogen and oxygen atoms in total. The van der Waals surface area contributed by atoms with E-state index in [4.69, 9.17) is 5.11 Å². The lowest BCUT2D eigenvalue weighted by Crippen LogP contribution is -2.32. The first-order valence-corrected chi connectivity index (χ1v) is 4.52. The first-order chi connectivity index (χ1) is 7.81. The third-order valence-electron chi connectivity index (χ3n) is 1.29. The summed E-state index contributed by atoms with van der Waals surface area (Å²) in [6.07, 6.45) is -4.39. The molecule has 2 N–H and O–H groups in total. The molecule has 0 saturated carbocycles. The van der Waals surface area contributed by atoms with E-state index in [1.807, 2.05) is 0 Å². The Morgan fingerprint density at radius 1 is 1.18 bits per heavy atom. The number of amides is 1. The number of nitrogens with one attached hydrogen (secondary N) is 1. The third-order valence-corrected chi connectivity index (χ3v) is 1.29. The van der Waals surface area contributed by atoms with E-state index < -0.39 is 37.9 Å². The molecule has 0 aromatic carbocycles. The van der Waals surface area contributed by atoms with Gasteiger partial charge in [-0.15, -0.1) is 0 Å². The molecule has 1 amide bonds. The second-order valence-electron chi connectivity index (χ2n) is 2.90. The Kier molecular flexibility index (Phi) is 7.22. The van der Waals surface area contributed by atoms with Crippen LogP contribution in [0.1, 0.15) is 0 Å². The minimum absolute atomic E-state index is 0.106. The van der Waals surface area contributed by atoms with Crippen LogP contribution < -0.4 is 5.32 Å². The highest BCUT2D eigenvalue weighted by atomic mass is 19.4. The monoisotopic (exact) mass is 259 g/mol. The van der Waals surface area contributed by atoms with E-state index in [1.54, 1.807) is 0 Å².